The van der Waals surface area contributed by atoms with Crippen molar-refractivity contribution in [3.8, 4) is 0 Å². The monoisotopic (exact) mass is 322 g/mol. The molecule has 3 rings (SSSR count). The van der Waals surface area contributed by atoms with Gasteiger partial charge < -0.3 is 9.80 Å². The Morgan fingerprint density at radius 3 is 2.71 bits per heavy atom. The molecule has 0 saturated carbocycles. The molecule has 1 aliphatic heterocycles. The molecule has 3 nitrogen and oxygen atoms in total. The van der Waals surface area contributed by atoms with Gasteiger partial charge in [0.15, 0.2) is 0 Å². The van der Waals surface area contributed by atoms with E-state index in [9.17, 15) is 4.79 Å². The molecule has 0 spiro atoms. The number of anilines is 1. The first kappa shape index (κ1) is 16.6. The molecule has 2 aromatic carbocycles. The predicted molar refractivity (Wildman–Crippen MR) is 99.3 cm³/mol. The lowest BCUT2D eigenvalue weighted by Crippen LogP contribution is -2.45. The van der Waals surface area contributed by atoms with Crippen molar-refractivity contribution in [1.29, 1.82) is 0 Å². The fraction of sp³-hybridized carbons (Fsp3) is 0.381. The number of rotatable bonds is 4. The van der Waals surface area contributed by atoms with E-state index in [-0.39, 0.29) is 11.9 Å². The van der Waals surface area contributed by atoms with Gasteiger partial charge in [-0.2, -0.15) is 0 Å². The van der Waals surface area contributed by atoms with Crippen LogP contribution in [0.4, 0.5) is 5.69 Å². The lowest BCUT2D eigenvalue weighted by atomic mass is 10.1. The van der Waals surface area contributed by atoms with Crippen LogP contribution in [0.1, 0.15) is 29.2 Å². The van der Waals surface area contributed by atoms with Crippen LogP contribution in [0.3, 0.4) is 0 Å². The zero-order valence-electron chi connectivity index (χ0n) is 15.0. The highest BCUT2D eigenvalue weighted by Gasteiger charge is 2.29. The molecule has 0 aromatic heterocycles. The summed E-state index contributed by atoms with van der Waals surface area (Å²) in [7, 11) is 1.90. The molecule has 0 radical (unpaired) electrons. The third-order valence-electron chi connectivity index (χ3n) is 5.03. The SMILES string of the molecule is Cc1ccc(CN(C)C(=O)C(C)N2CCc3ccccc32)c(C)c1. The number of fused-ring (bicyclic) bond motifs is 1. The predicted octanol–water partition coefficient (Wildman–Crippen LogP) is 3.71. The first-order valence-corrected chi connectivity index (χ1v) is 8.63. The van der Waals surface area contributed by atoms with Crippen LogP contribution in [-0.4, -0.2) is 30.4 Å². The van der Waals surface area contributed by atoms with Gasteiger partial charge in [-0.25, -0.2) is 0 Å². The summed E-state index contributed by atoms with van der Waals surface area (Å²) in [4.78, 5) is 17.0. The van der Waals surface area contributed by atoms with Gasteiger partial charge >= 0.3 is 0 Å². The van der Waals surface area contributed by atoms with Gasteiger partial charge in [0, 0.05) is 25.8 Å². The van der Waals surface area contributed by atoms with Crippen molar-refractivity contribution in [2.45, 2.75) is 39.8 Å². The largest absolute Gasteiger partial charge is 0.359 e. The number of aryl methyl sites for hydroxylation is 2. The molecule has 126 valence electrons. The zero-order valence-corrected chi connectivity index (χ0v) is 15.0. The first-order valence-electron chi connectivity index (χ1n) is 8.63. The van der Waals surface area contributed by atoms with Gasteiger partial charge in [-0.1, -0.05) is 42.0 Å². The second-order valence-corrected chi connectivity index (χ2v) is 6.87. The number of amides is 1. The van der Waals surface area contributed by atoms with E-state index < -0.39 is 0 Å². The Morgan fingerprint density at radius 1 is 1.21 bits per heavy atom. The molecular weight excluding hydrogens is 296 g/mol. The quantitative estimate of drug-likeness (QED) is 0.856. The number of carbonyl (C=O) groups is 1. The molecule has 2 aromatic rings. The Hall–Kier alpha value is -2.29. The summed E-state index contributed by atoms with van der Waals surface area (Å²) >= 11 is 0. The average molecular weight is 322 g/mol. The first-order chi connectivity index (χ1) is 11.5. The topological polar surface area (TPSA) is 23.6 Å². The van der Waals surface area contributed by atoms with Crippen LogP contribution in [-0.2, 0) is 17.8 Å². The van der Waals surface area contributed by atoms with Gasteiger partial charge in [0.1, 0.15) is 6.04 Å². The third-order valence-corrected chi connectivity index (χ3v) is 5.03. The van der Waals surface area contributed by atoms with Crippen molar-refractivity contribution in [1.82, 2.24) is 4.90 Å². The van der Waals surface area contributed by atoms with E-state index in [1.807, 2.05) is 24.9 Å². The number of para-hydroxylation sites is 1. The van der Waals surface area contributed by atoms with Crippen LogP contribution in [0.15, 0.2) is 42.5 Å². The van der Waals surface area contributed by atoms with Crippen molar-refractivity contribution >= 4 is 11.6 Å². The molecule has 3 heteroatoms. The van der Waals surface area contributed by atoms with E-state index in [2.05, 4.69) is 55.1 Å². The van der Waals surface area contributed by atoms with E-state index >= 15 is 0 Å². The van der Waals surface area contributed by atoms with Gasteiger partial charge in [0.25, 0.3) is 0 Å². The summed E-state index contributed by atoms with van der Waals surface area (Å²) in [6.45, 7) is 7.80. The lowest BCUT2D eigenvalue weighted by molar-refractivity contribution is -0.131. The van der Waals surface area contributed by atoms with E-state index in [4.69, 9.17) is 0 Å². The molecule has 1 aliphatic rings. The van der Waals surface area contributed by atoms with Gasteiger partial charge in [0.05, 0.1) is 0 Å². The number of nitrogens with zero attached hydrogens (tertiary/aromatic N) is 2. The van der Waals surface area contributed by atoms with Crippen molar-refractivity contribution in [2.75, 3.05) is 18.5 Å². The summed E-state index contributed by atoms with van der Waals surface area (Å²) in [5.74, 6) is 0.173. The molecule has 1 atom stereocenters. The normalized spacial score (nSPS) is 14.4. The summed E-state index contributed by atoms with van der Waals surface area (Å²) < 4.78 is 0. The van der Waals surface area contributed by atoms with E-state index in [0.29, 0.717) is 6.54 Å². The Bertz CT molecular complexity index is 753. The molecule has 24 heavy (non-hydrogen) atoms. The van der Waals surface area contributed by atoms with E-state index in [0.717, 1.165) is 13.0 Å². The van der Waals surface area contributed by atoms with Gasteiger partial charge in [-0.05, 0) is 49.9 Å². The molecule has 0 N–H and O–H groups in total. The standard InChI is InChI=1S/C21H26N2O/c1-15-9-10-19(16(2)13-15)14-22(4)21(24)17(3)23-12-11-18-7-5-6-8-20(18)23/h5-10,13,17H,11-12,14H2,1-4H3. The Morgan fingerprint density at radius 2 is 1.96 bits per heavy atom. The number of likely N-dealkylation sites (N-methyl/N-ethyl adjacent to an activating group) is 1. The Balaban J connectivity index is 1.72. The van der Waals surface area contributed by atoms with Crippen molar-refractivity contribution in [3.05, 3.63) is 64.7 Å². The number of benzene rings is 2. The maximum atomic E-state index is 12.9. The Labute approximate surface area is 144 Å². The molecular formula is C21H26N2O. The second-order valence-electron chi connectivity index (χ2n) is 6.87. The molecule has 1 amide bonds. The molecule has 0 fully saturated rings. The maximum Gasteiger partial charge on any atom is 0.245 e. The number of carbonyl (C=O) groups excluding carboxylic acids is 1. The van der Waals surface area contributed by atoms with Crippen LogP contribution < -0.4 is 4.90 Å². The van der Waals surface area contributed by atoms with Gasteiger partial charge in [-0.3, -0.25) is 4.79 Å². The average Bonchev–Trinajstić information content (AvgIpc) is 3.00. The summed E-state index contributed by atoms with van der Waals surface area (Å²) in [6, 6.07) is 14.7. The van der Waals surface area contributed by atoms with Crippen LogP contribution in [0.2, 0.25) is 0 Å². The van der Waals surface area contributed by atoms with Crippen molar-refractivity contribution in [2.24, 2.45) is 0 Å². The smallest absolute Gasteiger partial charge is 0.245 e. The molecule has 1 unspecified atom stereocenters. The van der Waals surface area contributed by atoms with Crippen LogP contribution in [0.5, 0.6) is 0 Å². The van der Waals surface area contributed by atoms with E-state index in [1.54, 1.807) is 0 Å². The van der Waals surface area contributed by atoms with Crippen LogP contribution in [0, 0.1) is 13.8 Å². The van der Waals surface area contributed by atoms with Crippen LogP contribution in [0.25, 0.3) is 0 Å². The molecule has 0 saturated heterocycles. The summed E-state index contributed by atoms with van der Waals surface area (Å²) in [5, 5.41) is 0. The van der Waals surface area contributed by atoms with Crippen molar-refractivity contribution < 1.29 is 4.79 Å². The number of hydrogen-bond donors (Lipinski definition) is 0. The third kappa shape index (κ3) is 3.16. The summed E-state index contributed by atoms with van der Waals surface area (Å²) in [6.07, 6.45) is 1.02. The summed E-state index contributed by atoms with van der Waals surface area (Å²) in [5.41, 5.74) is 6.26. The van der Waals surface area contributed by atoms with Crippen LogP contribution >= 0.6 is 0 Å². The van der Waals surface area contributed by atoms with Gasteiger partial charge in [0.2, 0.25) is 5.91 Å². The molecule has 0 bridgehead atoms. The Kier molecular flexibility index (Phi) is 4.61. The van der Waals surface area contributed by atoms with E-state index in [1.165, 1.54) is 27.9 Å². The minimum Gasteiger partial charge on any atom is -0.359 e. The highest BCUT2D eigenvalue weighted by atomic mass is 16.2. The second kappa shape index (κ2) is 6.68. The minimum absolute atomic E-state index is 0.135. The van der Waals surface area contributed by atoms with Gasteiger partial charge in [-0.15, -0.1) is 0 Å². The molecule has 1 heterocycles. The fourth-order valence-corrected chi connectivity index (χ4v) is 3.57. The molecule has 0 aliphatic carbocycles. The van der Waals surface area contributed by atoms with Crippen molar-refractivity contribution in [3.63, 3.8) is 0 Å². The highest BCUT2D eigenvalue weighted by Crippen LogP contribution is 2.29. The zero-order chi connectivity index (χ0) is 17.3. The number of hydrogen-bond acceptors (Lipinski definition) is 2. The fourth-order valence-electron chi connectivity index (χ4n) is 3.57. The highest BCUT2D eigenvalue weighted by molar-refractivity contribution is 5.85. The maximum absolute atomic E-state index is 12.9. The lowest BCUT2D eigenvalue weighted by Gasteiger charge is -2.30. The minimum atomic E-state index is -0.135.